The van der Waals surface area contributed by atoms with Crippen LogP contribution in [0.5, 0.6) is 0 Å². The molecule has 0 radical (unpaired) electrons. The number of thiazole rings is 1. The second-order valence-corrected chi connectivity index (χ2v) is 6.66. The van der Waals surface area contributed by atoms with Crippen LogP contribution in [-0.2, 0) is 11.2 Å². The summed E-state index contributed by atoms with van der Waals surface area (Å²) in [7, 11) is 0. The van der Waals surface area contributed by atoms with Crippen LogP contribution < -0.4 is 10.6 Å². The molecule has 1 aliphatic heterocycles. The summed E-state index contributed by atoms with van der Waals surface area (Å²) < 4.78 is 0. The number of aromatic nitrogens is 1. The van der Waals surface area contributed by atoms with E-state index in [1.807, 2.05) is 29.6 Å². The molecule has 25 heavy (non-hydrogen) atoms. The molecule has 0 unspecified atom stereocenters. The third-order valence-electron chi connectivity index (χ3n) is 3.67. The Balaban J connectivity index is 0.00000156. The third kappa shape index (κ3) is 6.28. The largest absolute Gasteiger partial charge is 0.352 e. The first-order valence-electron chi connectivity index (χ1n) is 7.57. The van der Waals surface area contributed by atoms with E-state index < -0.39 is 0 Å². The van der Waals surface area contributed by atoms with Gasteiger partial charge in [-0.1, -0.05) is 41.4 Å². The summed E-state index contributed by atoms with van der Waals surface area (Å²) in [6.45, 7) is 2.50. The molecule has 2 heterocycles. The van der Waals surface area contributed by atoms with E-state index in [2.05, 4.69) is 21.7 Å². The molecular weight excluding hydrogens is 401 g/mol. The quantitative estimate of drug-likeness (QED) is 0.722. The van der Waals surface area contributed by atoms with Crippen molar-refractivity contribution in [3.05, 3.63) is 52.0 Å². The Kier molecular flexibility index (Phi) is 9.46. The van der Waals surface area contributed by atoms with Gasteiger partial charge in [0.15, 0.2) is 0 Å². The van der Waals surface area contributed by atoms with E-state index in [4.69, 9.17) is 11.6 Å². The van der Waals surface area contributed by atoms with Crippen LogP contribution in [0.3, 0.4) is 0 Å². The standard InChI is InChI=1S/C17H18ClN3OS.2ClH/c18-15-4-2-1-3-14(15)17-21-13(11-23-17)9-16(22)20-10-12-5-7-19-8-6-12;;/h1-5,11,19H,6-10H2,(H,20,22);2*1H. The number of hydrogen-bond acceptors (Lipinski definition) is 4. The number of nitrogens with zero attached hydrogens (tertiary/aromatic N) is 1. The van der Waals surface area contributed by atoms with E-state index in [9.17, 15) is 4.79 Å². The average molecular weight is 421 g/mol. The van der Waals surface area contributed by atoms with E-state index >= 15 is 0 Å². The zero-order chi connectivity index (χ0) is 16.1. The summed E-state index contributed by atoms with van der Waals surface area (Å²) >= 11 is 7.70. The van der Waals surface area contributed by atoms with Crippen molar-refractivity contribution in [1.29, 1.82) is 0 Å². The molecule has 0 bridgehead atoms. The van der Waals surface area contributed by atoms with Crippen LogP contribution in [0.25, 0.3) is 10.6 Å². The number of carbonyl (C=O) groups is 1. The molecule has 8 heteroatoms. The van der Waals surface area contributed by atoms with Crippen molar-refractivity contribution in [1.82, 2.24) is 15.6 Å². The molecule has 0 spiro atoms. The fraction of sp³-hybridized carbons (Fsp3) is 0.294. The zero-order valence-electron chi connectivity index (χ0n) is 13.5. The SMILES string of the molecule is Cl.Cl.O=C(Cc1csc(-c2ccccc2Cl)n1)NCC1=CCNCC1. The van der Waals surface area contributed by atoms with E-state index in [1.54, 1.807) is 0 Å². The molecule has 2 aromatic rings. The van der Waals surface area contributed by atoms with Gasteiger partial charge in [0.05, 0.1) is 17.1 Å². The van der Waals surface area contributed by atoms with Gasteiger partial charge in [-0.25, -0.2) is 4.98 Å². The molecule has 0 saturated heterocycles. The van der Waals surface area contributed by atoms with Crippen molar-refractivity contribution in [3.8, 4) is 10.6 Å². The Bertz CT molecular complexity index is 733. The van der Waals surface area contributed by atoms with Crippen LogP contribution >= 0.6 is 47.8 Å². The Morgan fingerprint density at radius 3 is 2.84 bits per heavy atom. The average Bonchev–Trinajstić information content (AvgIpc) is 3.02. The predicted octanol–water partition coefficient (Wildman–Crippen LogP) is 3.89. The minimum Gasteiger partial charge on any atom is -0.352 e. The maximum Gasteiger partial charge on any atom is 0.226 e. The molecule has 0 atom stereocenters. The Morgan fingerprint density at radius 2 is 2.12 bits per heavy atom. The van der Waals surface area contributed by atoms with Gasteiger partial charge in [0.25, 0.3) is 0 Å². The van der Waals surface area contributed by atoms with Gasteiger partial charge in [0.2, 0.25) is 5.91 Å². The molecule has 2 N–H and O–H groups in total. The summed E-state index contributed by atoms with van der Waals surface area (Å²) in [5.74, 6) is 0.000409. The summed E-state index contributed by atoms with van der Waals surface area (Å²) in [6.07, 6.45) is 3.43. The molecule has 136 valence electrons. The first-order valence-corrected chi connectivity index (χ1v) is 8.83. The fourth-order valence-corrected chi connectivity index (χ4v) is 3.56. The highest BCUT2D eigenvalue weighted by atomic mass is 35.5. The molecule has 0 aliphatic carbocycles. The summed E-state index contributed by atoms with van der Waals surface area (Å²) in [6, 6.07) is 7.61. The van der Waals surface area contributed by atoms with E-state index in [1.165, 1.54) is 16.9 Å². The lowest BCUT2D eigenvalue weighted by atomic mass is 10.1. The number of benzene rings is 1. The Labute approximate surface area is 168 Å². The maximum absolute atomic E-state index is 12.1. The number of nitrogens with one attached hydrogen (secondary N) is 2. The molecule has 0 saturated carbocycles. The summed E-state index contributed by atoms with van der Waals surface area (Å²) in [5.41, 5.74) is 2.97. The number of halogens is 3. The Hall–Kier alpha value is -1.11. The number of carbonyl (C=O) groups excluding carboxylic acids is 1. The molecule has 1 amide bonds. The topological polar surface area (TPSA) is 54.0 Å². The maximum atomic E-state index is 12.1. The summed E-state index contributed by atoms with van der Waals surface area (Å²) in [4.78, 5) is 16.6. The van der Waals surface area contributed by atoms with Crippen LogP contribution in [-0.4, -0.2) is 30.5 Å². The molecule has 0 fully saturated rings. The van der Waals surface area contributed by atoms with E-state index in [-0.39, 0.29) is 30.7 Å². The van der Waals surface area contributed by atoms with Crippen molar-refractivity contribution in [2.75, 3.05) is 19.6 Å². The normalized spacial score (nSPS) is 13.2. The second-order valence-electron chi connectivity index (χ2n) is 5.39. The molecule has 1 aromatic carbocycles. The highest BCUT2D eigenvalue weighted by molar-refractivity contribution is 7.13. The molecule has 1 aromatic heterocycles. The first-order chi connectivity index (χ1) is 11.2. The van der Waals surface area contributed by atoms with E-state index in [0.717, 1.165) is 35.8 Å². The molecule has 4 nitrogen and oxygen atoms in total. The number of hydrogen-bond donors (Lipinski definition) is 2. The number of amides is 1. The number of rotatable bonds is 5. The van der Waals surface area contributed by atoms with Crippen LogP contribution in [0.1, 0.15) is 12.1 Å². The van der Waals surface area contributed by atoms with Crippen molar-refractivity contribution < 1.29 is 4.79 Å². The van der Waals surface area contributed by atoms with Crippen LogP contribution in [0.4, 0.5) is 0 Å². The summed E-state index contributed by atoms with van der Waals surface area (Å²) in [5, 5.41) is 9.66. The lowest BCUT2D eigenvalue weighted by Gasteiger charge is -2.14. The van der Waals surface area contributed by atoms with Gasteiger partial charge in [0, 0.05) is 24.0 Å². The van der Waals surface area contributed by atoms with Gasteiger partial charge in [-0.2, -0.15) is 0 Å². The first kappa shape index (κ1) is 21.9. The van der Waals surface area contributed by atoms with Gasteiger partial charge >= 0.3 is 0 Å². The van der Waals surface area contributed by atoms with Crippen LogP contribution in [0.15, 0.2) is 41.3 Å². The molecule has 3 rings (SSSR count). The fourth-order valence-electron chi connectivity index (χ4n) is 2.42. The van der Waals surface area contributed by atoms with E-state index in [0.29, 0.717) is 18.0 Å². The Morgan fingerprint density at radius 1 is 1.32 bits per heavy atom. The molecule has 1 aliphatic rings. The van der Waals surface area contributed by atoms with Gasteiger partial charge in [-0.15, -0.1) is 36.2 Å². The van der Waals surface area contributed by atoms with Crippen LogP contribution in [0.2, 0.25) is 5.02 Å². The van der Waals surface area contributed by atoms with Crippen molar-refractivity contribution in [2.24, 2.45) is 0 Å². The van der Waals surface area contributed by atoms with Crippen molar-refractivity contribution in [2.45, 2.75) is 12.8 Å². The van der Waals surface area contributed by atoms with Gasteiger partial charge in [0.1, 0.15) is 5.01 Å². The second kappa shape index (κ2) is 10.8. The predicted molar refractivity (Wildman–Crippen MR) is 109 cm³/mol. The van der Waals surface area contributed by atoms with Crippen LogP contribution in [0, 0.1) is 0 Å². The van der Waals surface area contributed by atoms with Crippen molar-refractivity contribution in [3.63, 3.8) is 0 Å². The zero-order valence-corrected chi connectivity index (χ0v) is 16.7. The van der Waals surface area contributed by atoms with Gasteiger partial charge < -0.3 is 10.6 Å². The van der Waals surface area contributed by atoms with Gasteiger partial charge in [-0.05, 0) is 19.0 Å². The minimum atomic E-state index is 0. The smallest absolute Gasteiger partial charge is 0.226 e. The van der Waals surface area contributed by atoms with Crippen molar-refractivity contribution >= 4 is 53.7 Å². The minimum absolute atomic E-state index is 0. The lowest BCUT2D eigenvalue weighted by molar-refractivity contribution is -0.120. The lowest BCUT2D eigenvalue weighted by Crippen LogP contribution is -2.30. The third-order valence-corrected chi connectivity index (χ3v) is 4.92. The highest BCUT2D eigenvalue weighted by Crippen LogP contribution is 2.30. The molecular formula is C17H20Cl3N3OS. The monoisotopic (exact) mass is 419 g/mol. The van der Waals surface area contributed by atoms with Gasteiger partial charge in [-0.3, -0.25) is 4.79 Å². The highest BCUT2D eigenvalue weighted by Gasteiger charge is 2.11.